The number of carbonyl (C=O) groups excluding carboxylic acids is 1. The predicted molar refractivity (Wildman–Crippen MR) is 118 cm³/mol. The van der Waals surface area contributed by atoms with Crippen LogP contribution in [0.3, 0.4) is 0 Å². The average molecular weight is 458 g/mol. The zero-order chi connectivity index (χ0) is 22.1. The molecule has 2 aromatic carbocycles. The molecule has 0 aromatic heterocycles. The average Bonchev–Trinajstić information content (AvgIpc) is 3.40. The molecule has 0 radical (unpaired) electrons. The number of nitrogens with zero attached hydrogens (tertiary/aromatic N) is 2. The van der Waals surface area contributed by atoms with E-state index in [2.05, 4.69) is 11.4 Å². The molecule has 0 spiro atoms. The summed E-state index contributed by atoms with van der Waals surface area (Å²) in [5, 5.41) is 11.6. The number of nitrogens with one attached hydrogen (secondary N) is 1. The third-order valence-corrected chi connectivity index (χ3v) is 8.74. The number of amides is 1. The molecule has 2 fully saturated rings. The Morgan fingerprint density at radius 2 is 1.84 bits per heavy atom. The lowest BCUT2D eigenvalue weighted by molar-refractivity contribution is -0.126. The number of hydrogen-bond donors (Lipinski definition) is 1. The molecule has 2 aliphatic rings. The topological polar surface area (TPSA) is 90.3 Å². The molecule has 2 unspecified atom stereocenters. The van der Waals surface area contributed by atoms with E-state index in [1.54, 1.807) is 18.2 Å². The van der Waals surface area contributed by atoms with Crippen molar-refractivity contribution in [3.63, 3.8) is 0 Å². The van der Waals surface area contributed by atoms with E-state index in [1.807, 2.05) is 35.2 Å². The molecular weight excluding hydrogens is 434 g/mol. The maximum absolute atomic E-state index is 13.3. The maximum atomic E-state index is 13.3. The van der Waals surface area contributed by atoms with E-state index in [-0.39, 0.29) is 28.8 Å². The van der Waals surface area contributed by atoms with E-state index in [4.69, 9.17) is 11.6 Å². The lowest BCUT2D eigenvalue weighted by atomic mass is 10.1. The summed E-state index contributed by atoms with van der Waals surface area (Å²) in [4.78, 5) is 15.1. The van der Waals surface area contributed by atoms with Crippen LogP contribution in [-0.2, 0) is 21.1 Å². The lowest BCUT2D eigenvalue weighted by Crippen LogP contribution is -2.48. The van der Waals surface area contributed by atoms with Crippen molar-refractivity contribution in [2.24, 2.45) is 0 Å². The van der Waals surface area contributed by atoms with Gasteiger partial charge in [-0.1, -0.05) is 54.1 Å². The second-order valence-electron chi connectivity index (χ2n) is 8.26. The Bertz CT molecular complexity index is 1110. The summed E-state index contributed by atoms with van der Waals surface area (Å²) in [6.45, 7) is 0.800. The molecule has 31 heavy (non-hydrogen) atoms. The number of nitriles is 1. The van der Waals surface area contributed by atoms with E-state index in [0.717, 1.165) is 5.56 Å². The Labute approximate surface area is 187 Å². The minimum absolute atomic E-state index is 0.0985. The molecule has 1 aliphatic carbocycles. The fourth-order valence-electron chi connectivity index (χ4n) is 4.09. The van der Waals surface area contributed by atoms with Crippen LogP contribution < -0.4 is 5.32 Å². The van der Waals surface area contributed by atoms with Crippen LogP contribution >= 0.6 is 11.6 Å². The van der Waals surface area contributed by atoms with Crippen molar-refractivity contribution >= 4 is 27.3 Å². The molecule has 1 N–H and O–H groups in total. The molecule has 1 aliphatic heterocycles. The molecule has 8 heteroatoms. The summed E-state index contributed by atoms with van der Waals surface area (Å²) in [5.74, 6) is -0.274. The van der Waals surface area contributed by atoms with Gasteiger partial charge in [0, 0.05) is 13.1 Å². The summed E-state index contributed by atoms with van der Waals surface area (Å²) in [7, 11) is -3.70. The molecule has 1 saturated heterocycles. The second kappa shape index (κ2) is 8.62. The number of likely N-dealkylation sites (tertiary alicyclic amines) is 1. The van der Waals surface area contributed by atoms with Crippen molar-refractivity contribution in [2.75, 3.05) is 13.1 Å². The van der Waals surface area contributed by atoms with Crippen molar-refractivity contribution in [3.05, 3.63) is 65.2 Å². The van der Waals surface area contributed by atoms with Crippen LogP contribution in [0.15, 0.2) is 59.5 Å². The SMILES string of the molecule is N#CC1(NC(=O)C2CC(S(=O)(=O)c3ccccc3Cl)CN2CCc2ccccc2)CC1. The third-order valence-electron chi connectivity index (χ3n) is 6.11. The smallest absolute Gasteiger partial charge is 0.238 e. The van der Waals surface area contributed by atoms with Crippen LogP contribution in [0.5, 0.6) is 0 Å². The number of sulfone groups is 1. The van der Waals surface area contributed by atoms with Crippen LogP contribution in [0.2, 0.25) is 5.02 Å². The first-order valence-corrected chi connectivity index (χ1v) is 12.3. The highest BCUT2D eigenvalue weighted by atomic mass is 35.5. The molecule has 2 atom stereocenters. The highest BCUT2D eigenvalue weighted by Crippen LogP contribution is 2.36. The van der Waals surface area contributed by atoms with E-state index in [0.29, 0.717) is 25.8 Å². The van der Waals surface area contributed by atoms with Gasteiger partial charge >= 0.3 is 0 Å². The largest absolute Gasteiger partial charge is 0.336 e. The molecule has 6 nitrogen and oxygen atoms in total. The van der Waals surface area contributed by atoms with Gasteiger partial charge in [-0.15, -0.1) is 0 Å². The zero-order valence-electron chi connectivity index (χ0n) is 17.0. The van der Waals surface area contributed by atoms with Crippen molar-refractivity contribution in [3.8, 4) is 6.07 Å². The summed E-state index contributed by atoms with van der Waals surface area (Å²) in [6.07, 6.45) is 2.14. The van der Waals surface area contributed by atoms with Crippen LogP contribution in [0, 0.1) is 11.3 Å². The Morgan fingerprint density at radius 1 is 1.16 bits per heavy atom. The van der Waals surface area contributed by atoms with Gasteiger partial charge in [0.2, 0.25) is 5.91 Å². The normalized spacial score (nSPS) is 22.6. The quantitative estimate of drug-likeness (QED) is 0.690. The summed E-state index contributed by atoms with van der Waals surface area (Å²) in [5.41, 5.74) is 0.330. The lowest BCUT2D eigenvalue weighted by Gasteiger charge is -2.24. The highest BCUT2D eigenvalue weighted by Gasteiger charge is 2.49. The van der Waals surface area contributed by atoms with Crippen molar-refractivity contribution < 1.29 is 13.2 Å². The fraction of sp³-hybridized carbons (Fsp3) is 0.391. The Balaban J connectivity index is 1.56. The first-order chi connectivity index (χ1) is 14.8. The standard InChI is InChI=1S/C23H24ClN3O3S/c24-19-8-4-5-9-21(19)31(29,30)18-14-20(22(28)26-23(16-25)11-12-23)27(15-18)13-10-17-6-2-1-3-7-17/h1-9,18,20H,10-15H2,(H,26,28). The first kappa shape index (κ1) is 21.8. The van der Waals surface area contributed by atoms with Gasteiger partial charge in [-0.05, 0) is 43.4 Å². The Morgan fingerprint density at radius 3 is 2.48 bits per heavy atom. The molecule has 1 amide bonds. The van der Waals surface area contributed by atoms with Gasteiger partial charge in [0.15, 0.2) is 9.84 Å². The molecule has 2 aromatic rings. The van der Waals surface area contributed by atoms with Gasteiger partial charge in [0.1, 0.15) is 5.54 Å². The van der Waals surface area contributed by atoms with Crippen molar-refractivity contribution in [1.82, 2.24) is 10.2 Å². The number of carbonyl (C=O) groups is 1. The molecular formula is C23H24ClN3O3S. The highest BCUT2D eigenvalue weighted by molar-refractivity contribution is 7.92. The minimum Gasteiger partial charge on any atom is -0.336 e. The Hall–Kier alpha value is -2.40. The zero-order valence-corrected chi connectivity index (χ0v) is 18.6. The molecule has 162 valence electrons. The van der Waals surface area contributed by atoms with E-state index in [1.165, 1.54) is 6.07 Å². The van der Waals surface area contributed by atoms with Crippen LogP contribution in [0.25, 0.3) is 0 Å². The summed E-state index contributed by atoms with van der Waals surface area (Å²) < 4.78 is 26.6. The number of rotatable bonds is 7. The molecule has 0 bridgehead atoms. The van der Waals surface area contributed by atoms with Crippen molar-refractivity contribution in [2.45, 2.75) is 47.4 Å². The first-order valence-electron chi connectivity index (χ1n) is 10.3. The maximum Gasteiger partial charge on any atom is 0.238 e. The van der Waals surface area contributed by atoms with Gasteiger partial charge in [0.25, 0.3) is 0 Å². The fourth-order valence-corrected chi connectivity index (χ4v) is 6.34. The van der Waals surface area contributed by atoms with Crippen LogP contribution in [-0.4, -0.2) is 49.1 Å². The molecule has 1 heterocycles. The van der Waals surface area contributed by atoms with Crippen LogP contribution in [0.4, 0.5) is 0 Å². The van der Waals surface area contributed by atoms with Gasteiger partial charge < -0.3 is 5.32 Å². The second-order valence-corrected chi connectivity index (χ2v) is 10.9. The third kappa shape index (κ3) is 4.62. The number of hydrogen-bond acceptors (Lipinski definition) is 5. The van der Waals surface area contributed by atoms with Crippen LogP contribution in [0.1, 0.15) is 24.8 Å². The van der Waals surface area contributed by atoms with E-state index < -0.39 is 26.7 Å². The van der Waals surface area contributed by atoms with Gasteiger partial charge in [-0.3, -0.25) is 9.69 Å². The van der Waals surface area contributed by atoms with Gasteiger partial charge in [-0.2, -0.15) is 5.26 Å². The number of benzene rings is 2. The summed E-state index contributed by atoms with van der Waals surface area (Å²) >= 11 is 6.17. The Kier molecular flexibility index (Phi) is 6.07. The predicted octanol–water partition coefficient (Wildman–Crippen LogP) is 2.97. The molecule has 4 rings (SSSR count). The molecule has 1 saturated carbocycles. The van der Waals surface area contributed by atoms with Gasteiger partial charge in [0.05, 0.1) is 27.3 Å². The monoisotopic (exact) mass is 457 g/mol. The van der Waals surface area contributed by atoms with Gasteiger partial charge in [-0.25, -0.2) is 8.42 Å². The number of halogens is 1. The van der Waals surface area contributed by atoms with E-state index in [9.17, 15) is 18.5 Å². The van der Waals surface area contributed by atoms with E-state index >= 15 is 0 Å². The summed E-state index contributed by atoms with van der Waals surface area (Å²) in [6, 6.07) is 17.9. The van der Waals surface area contributed by atoms with Crippen molar-refractivity contribution in [1.29, 1.82) is 5.26 Å². The minimum atomic E-state index is -3.70.